The van der Waals surface area contributed by atoms with Gasteiger partial charge in [0, 0.05) is 0 Å². The summed E-state index contributed by atoms with van der Waals surface area (Å²) in [6, 6.07) is 3.07. The second kappa shape index (κ2) is 12.1. The summed E-state index contributed by atoms with van der Waals surface area (Å²) in [5, 5.41) is 2.99. The van der Waals surface area contributed by atoms with Gasteiger partial charge >= 0.3 is 15.6 Å². The highest BCUT2D eigenvalue weighted by molar-refractivity contribution is 7.49. The van der Waals surface area contributed by atoms with Crippen LogP contribution in [0, 0.1) is 0 Å². The minimum absolute atomic E-state index is 0.0566. The molecule has 0 amide bonds. The average molecular weight is 447 g/mol. The molecule has 1 aromatic rings. The highest BCUT2D eigenvalue weighted by Crippen LogP contribution is 2.55. The van der Waals surface area contributed by atoms with E-state index in [-0.39, 0.29) is 31.6 Å². The van der Waals surface area contributed by atoms with E-state index in [0.29, 0.717) is 5.69 Å². The number of nitrogens with one attached hydrogen (secondary N) is 1. The molecule has 13 heteroatoms. The Bertz CT molecular complexity index is 597. The Morgan fingerprint density at radius 1 is 0.926 bits per heavy atom. The van der Waals surface area contributed by atoms with Crippen molar-refractivity contribution in [2.45, 2.75) is 34.1 Å². The Kier molecular flexibility index (Phi) is 11.0. The number of aromatic nitrogens is 1. The van der Waals surface area contributed by atoms with E-state index in [4.69, 9.17) is 38.7 Å². The standard InChI is InChI=1S/C14H25ClN2O8P2/c1-5-20-26(18,21-6-2)24-14(17-12-9-10-13(15)16-11-12)25-27(19,22-7-3)23-8-4/h9-11,14,17H,5-8H2,1-4H3. The molecule has 0 spiro atoms. The summed E-state index contributed by atoms with van der Waals surface area (Å²) in [6.07, 6.45) is -0.179. The van der Waals surface area contributed by atoms with E-state index >= 15 is 0 Å². The number of halogens is 1. The molecule has 27 heavy (non-hydrogen) atoms. The molecular weight excluding hydrogens is 422 g/mol. The highest BCUT2D eigenvalue weighted by atomic mass is 35.5. The molecule has 0 fully saturated rings. The molecule has 0 aliphatic rings. The van der Waals surface area contributed by atoms with E-state index in [1.165, 1.54) is 12.3 Å². The molecule has 0 aromatic carbocycles. The van der Waals surface area contributed by atoms with E-state index < -0.39 is 22.1 Å². The van der Waals surface area contributed by atoms with E-state index in [0.717, 1.165) is 0 Å². The lowest BCUT2D eigenvalue weighted by atomic mass is 10.4. The number of hydrogen-bond donors (Lipinski definition) is 1. The molecule has 0 saturated carbocycles. The number of anilines is 1. The number of rotatable bonds is 14. The fourth-order valence-corrected chi connectivity index (χ4v) is 4.23. The maximum absolute atomic E-state index is 12.7. The third-order valence-electron chi connectivity index (χ3n) is 2.61. The molecule has 0 saturated heterocycles. The summed E-state index contributed by atoms with van der Waals surface area (Å²) in [5.74, 6) is 0. The third-order valence-corrected chi connectivity index (χ3v) is 6.03. The van der Waals surface area contributed by atoms with Crippen molar-refractivity contribution in [2.75, 3.05) is 31.7 Å². The van der Waals surface area contributed by atoms with Crippen LogP contribution in [0.1, 0.15) is 27.7 Å². The van der Waals surface area contributed by atoms with Crippen molar-refractivity contribution in [3.05, 3.63) is 23.5 Å². The smallest absolute Gasteiger partial charge is 0.335 e. The molecule has 0 unspecified atom stereocenters. The molecule has 1 N–H and O–H groups in total. The van der Waals surface area contributed by atoms with E-state index in [2.05, 4.69) is 10.3 Å². The lowest BCUT2D eigenvalue weighted by molar-refractivity contribution is -0.0349. The molecular formula is C14H25ClN2O8P2. The summed E-state index contributed by atoms with van der Waals surface area (Å²) in [7, 11) is -8.02. The Morgan fingerprint density at radius 3 is 1.70 bits per heavy atom. The summed E-state index contributed by atoms with van der Waals surface area (Å²) in [4.78, 5) is 3.90. The molecule has 0 atom stereocenters. The fraction of sp³-hybridized carbons (Fsp3) is 0.643. The second-order valence-corrected chi connectivity index (χ2v) is 8.25. The molecule has 10 nitrogen and oxygen atoms in total. The summed E-state index contributed by atoms with van der Waals surface area (Å²) < 4.78 is 56.3. The van der Waals surface area contributed by atoms with Crippen LogP contribution in [0.2, 0.25) is 5.15 Å². The van der Waals surface area contributed by atoms with E-state index in [1.54, 1.807) is 33.8 Å². The molecule has 0 aliphatic carbocycles. The molecule has 1 aromatic heterocycles. The van der Waals surface area contributed by atoms with Crippen molar-refractivity contribution in [1.82, 2.24) is 4.98 Å². The van der Waals surface area contributed by atoms with Crippen molar-refractivity contribution in [3.8, 4) is 0 Å². The molecule has 0 bridgehead atoms. The number of hydrogen-bond acceptors (Lipinski definition) is 10. The van der Waals surface area contributed by atoms with Crippen LogP contribution in [0.3, 0.4) is 0 Å². The van der Waals surface area contributed by atoms with Crippen molar-refractivity contribution in [2.24, 2.45) is 0 Å². The normalized spacial score (nSPS) is 12.5. The van der Waals surface area contributed by atoms with Gasteiger partial charge in [0.2, 0.25) is 0 Å². The predicted octanol–water partition coefficient (Wildman–Crippen LogP) is 4.83. The monoisotopic (exact) mass is 446 g/mol. The topological polar surface area (TPSA) is 114 Å². The molecule has 1 heterocycles. The van der Waals surface area contributed by atoms with Crippen molar-refractivity contribution >= 4 is 32.9 Å². The second-order valence-electron chi connectivity index (χ2n) is 4.62. The highest BCUT2D eigenvalue weighted by Gasteiger charge is 2.37. The number of phosphoric ester groups is 2. The number of phosphoric acid groups is 2. The van der Waals surface area contributed by atoms with Crippen LogP contribution in [-0.4, -0.2) is 37.8 Å². The van der Waals surface area contributed by atoms with Gasteiger partial charge in [0.25, 0.3) is 6.41 Å². The summed E-state index contributed by atoms with van der Waals surface area (Å²) in [5.41, 5.74) is 0.378. The van der Waals surface area contributed by atoms with Crippen molar-refractivity contribution in [1.29, 1.82) is 0 Å². The van der Waals surface area contributed by atoms with Crippen LogP contribution in [-0.2, 0) is 36.3 Å². The first-order chi connectivity index (χ1) is 12.8. The summed E-state index contributed by atoms with van der Waals surface area (Å²) >= 11 is 5.76. The van der Waals surface area contributed by atoms with E-state index in [1.807, 2.05) is 0 Å². The van der Waals surface area contributed by atoms with Gasteiger partial charge in [-0.3, -0.25) is 18.1 Å². The van der Waals surface area contributed by atoms with Gasteiger partial charge in [-0.2, -0.15) is 0 Å². The van der Waals surface area contributed by atoms with Gasteiger partial charge < -0.3 is 5.32 Å². The number of nitrogens with zero attached hydrogens (tertiary/aromatic N) is 1. The van der Waals surface area contributed by atoms with Crippen molar-refractivity contribution < 1.29 is 36.3 Å². The lowest BCUT2D eigenvalue weighted by Crippen LogP contribution is -2.26. The van der Waals surface area contributed by atoms with Gasteiger partial charge in [0.1, 0.15) is 5.15 Å². The van der Waals surface area contributed by atoms with Gasteiger partial charge in [-0.05, 0) is 39.8 Å². The first kappa shape index (κ1) is 24.5. The van der Waals surface area contributed by atoms with Gasteiger partial charge in [-0.25, -0.2) is 23.2 Å². The van der Waals surface area contributed by atoms with Crippen LogP contribution >= 0.6 is 27.2 Å². The fourth-order valence-electron chi connectivity index (χ4n) is 1.73. The SMILES string of the molecule is CCOP(=O)(OCC)OC(Nc1ccc(Cl)nc1)OP(=O)(OCC)OCC. The largest absolute Gasteiger partial charge is 0.478 e. The molecule has 0 aliphatic heterocycles. The Labute approximate surface area is 164 Å². The zero-order valence-corrected chi connectivity index (χ0v) is 18.2. The van der Waals surface area contributed by atoms with Crippen LogP contribution in [0.15, 0.2) is 18.3 Å². The number of pyridine rings is 1. The van der Waals surface area contributed by atoms with Gasteiger partial charge in [-0.15, -0.1) is 0 Å². The van der Waals surface area contributed by atoms with Crippen molar-refractivity contribution in [3.63, 3.8) is 0 Å². The minimum Gasteiger partial charge on any atom is -0.335 e. The van der Waals surface area contributed by atoms with Crippen LogP contribution in [0.25, 0.3) is 0 Å². The van der Waals surface area contributed by atoms with Gasteiger partial charge in [0.15, 0.2) is 0 Å². The Morgan fingerprint density at radius 2 is 1.37 bits per heavy atom. The first-order valence-corrected chi connectivity index (χ1v) is 11.6. The zero-order valence-electron chi connectivity index (χ0n) is 15.6. The molecule has 156 valence electrons. The molecule has 1 rings (SSSR count). The summed E-state index contributed by atoms with van der Waals surface area (Å²) in [6.45, 7) is 6.70. The van der Waals surface area contributed by atoms with Gasteiger partial charge in [0.05, 0.1) is 38.3 Å². The quantitative estimate of drug-likeness (QED) is 0.242. The van der Waals surface area contributed by atoms with E-state index in [9.17, 15) is 9.13 Å². The zero-order chi connectivity index (χ0) is 20.3. The average Bonchev–Trinajstić information content (AvgIpc) is 2.57. The van der Waals surface area contributed by atoms with Crippen LogP contribution in [0.5, 0.6) is 0 Å². The maximum atomic E-state index is 12.7. The predicted molar refractivity (Wildman–Crippen MR) is 101 cm³/mol. The third kappa shape index (κ3) is 9.00. The Balaban J connectivity index is 3.07. The first-order valence-electron chi connectivity index (χ1n) is 8.32. The molecule has 0 radical (unpaired) electrons. The Hall–Kier alpha value is -0.540. The van der Waals surface area contributed by atoms with Crippen LogP contribution < -0.4 is 5.32 Å². The van der Waals surface area contributed by atoms with Gasteiger partial charge in [-0.1, -0.05) is 11.6 Å². The maximum Gasteiger partial charge on any atom is 0.478 e. The van der Waals surface area contributed by atoms with Crippen LogP contribution in [0.4, 0.5) is 5.69 Å². The minimum atomic E-state index is -4.01. The lowest BCUT2D eigenvalue weighted by Gasteiger charge is -2.27.